The predicted octanol–water partition coefficient (Wildman–Crippen LogP) is -5.05. The van der Waals surface area contributed by atoms with Gasteiger partial charge in [-0.1, -0.05) is 0 Å². The maximum atomic E-state index is 10.0. The van der Waals surface area contributed by atoms with Crippen molar-refractivity contribution in [3.8, 4) is 0 Å². The largest absolute Gasteiger partial charge is 0.394 e. The molecule has 10 nitrogen and oxygen atoms in total. The number of hydrogen-bond acceptors (Lipinski definition) is 10. The second-order valence-corrected chi connectivity index (χ2v) is 5.84. The van der Waals surface area contributed by atoms with Gasteiger partial charge in [-0.25, -0.2) is 0 Å². The average Bonchev–Trinajstić information content (AvgIpc) is 2.49. The van der Waals surface area contributed by atoms with Gasteiger partial charge < -0.3 is 51.6 Å². The molecule has 0 aromatic carbocycles. The third kappa shape index (κ3) is 3.26. The van der Waals surface area contributed by atoms with Crippen LogP contribution in [0.2, 0.25) is 0 Å². The Bertz CT molecular complexity index is 359. The highest BCUT2D eigenvalue weighted by Gasteiger charge is 2.48. The molecule has 2 fully saturated rings. The highest BCUT2D eigenvalue weighted by Crippen LogP contribution is 2.27. The zero-order valence-corrected chi connectivity index (χ0v) is 11.8. The second-order valence-electron chi connectivity index (χ2n) is 5.84. The molecule has 130 valence electrons. The molecule has 0 spiro atoms. The number of hydrogen-bond donors (Lipinski definition) is 8. The van der Waals surface area contributed by atoms with E-state index in [9.17, 15) is 25.5 Å². The van der Waals surface area contributed by atoms with Crippen molar-refractivity contribution in [1.29, 1.82) is 0 Å². The number of aliphatic hydroxyl groups is 6. The van der Waals surface area contributed by atoms with Crippen LogP contribution in [0.3, 0.4) is 0 Å². The fraction of sp³-hybridized carbons (Fsp3) is 1.00. The molecule has 1 heterocycles. The number of nitrogens with two attached hydrogens (primary N) is 2. The Morgan fingerprint density at radius 3 is 1.91 bits per heavy atom. The molecule has 0 aromatic heterocycles. The second kappa shape index (κ2) is 7.01. The van der Waals surface area contributed by atoms with E-state index >= 15 is 0 Å². The Morgan fingerprint density at radius 2 is 1.41 bits per heavy atom. The molecule has 2 rings (SSSR count). The molecule has 1 saturated heterocycles. The van der Waals surface area contributed by atoms with Gasteiger partial charge in [0.1, 0.15) is 30.5 Å². The molecular weight excluding hydrogens is 300 g/mol. The van der Waals surface area contributed by atoms with E-state index in [-0.39, 0.29) is 6.42 Å². The summed E-state index contributed by atoms with van der Waals surface area (Å²) in [5.74, 6) is 0. The van der Waals surface area contributed by atoms with Crippen LogP contribution in [0.1, 0.15) is 6.42 Å². The van der Waals surface area contributed by atoms with E-state index < -0.39 is 67.7 Å². The molecule has 1 unspecified atom stereocenters. The molecule has 10 atom stereocenters. The lowest BCUT2D eigenvalue weighted by Gasteiger charge is -2.45. The Morgan fingerprint density at radius 1 is 0.864 bits per heavy atom. The summed E-state index contributed by atoms with van der Waals surface area (Å²) in [6, 6.07) is -1.46. The zero-order chi connectivity index (χ0) is 16.6. The summed E-state index contributed by atoms with van der Waals surface area (Å²) in [6.45, 7) is -0.611. The van der Waals surface area contributed by atoms with E-state index in [0.29, 0.717) is 0 Å². The zero-order valence-electron chi connectivity index (χ0n) is 11.8. The van der Waals surface area contributed by atoms with Crippen LogP contribution in [0, 0.1) is 0 Å². The van der Waals surface area contributed by atoms with Crippen molar-refractivity contribution in [3.63, 3.8) is 0 Å². The molecule has 2 aliphatic rings. The van der Waals surface area contributed by atoms with Gasteiger partial charge in [0, 0.05) is 12.1 Å². The van der Waals surface area contributed by atoms with Crippen molar-refractivity contribution in [2.75, 3.05) is 6.61 Å². The first-order valence-electron chi connectivity index (χ1n) is 7.11. The van der Waals surface area contributed by atoms with Crippen molar-refractivity contribution >= 4 is 0 Å². The highest BCUT2D eigenvalue weighted by molar-refractivity contribution is 4.99. The van der Waals surface area contributed by atoms with E-state index in [1.54, 1.807) is 0 Å². The molecule has 0 aromatic rings. The van der Waals surface area contributed by atoms with Crippen LogP contribution in [-0.2, 0) is 9.47 Å². The first-order valence-corrected chi connectivity index (χ1v) is 7.11. The number of rotatable bonds is 3. The van der Waals surface area contributed by atoms with E-state index in [0.717, 1.165) is 0 Å². The van der Waals surface area contributed by atoms with Crippen LogP contribution in [0.5, 0.6) is 0 Å². The van der Waals surface area contributed by atoms with Gasteiger partial charge in [-0.3, -0.25) is 0 Å². The van der Waals surface area contributed by atoms with Crippen LogP contribution in [-0.4, -0.2) is 98.3 Å². The number of ether oxygens (including phenoxy) is 2. The third-order valence-corrected chi connectivity index (χ3v) is 4.23. The van der Waals surface area contributed by atoms with Crippen LogP contribution >= 0.6 is 0 Å². The maximum Gasteiger partial charge on any atom is 0.187 e. The minimum atomic E-state index is -1.63. The fourth-order valence-electron chi connectivity index (χ4n) is 2.78. The lowest BCUT2D eigenvalue weighted by molar-refractivity contribution is -0.327. The van der Waals surface area contributed by atoms with Crippen LogP contribution in [0.4, 0.5) is 0 Å². The lowest BCUT2D eigenvalue weighted by atomic mass is 9.84. The van der Waals surface area contributed by atoms with Gasteiger partial charge in [-0.2, -0.15) is 0 Å². The Balaban J connectivity index is 2.10. The molecule has 1 saturated carbocycles. The standard InChI is InChI=1S/C12H24N2O8/c13-3-1-4(14)7(17)11(6(3)16)22-12-10(20)9(19)8(18)5(2-15)21-12/h3-12,15-20H,1-2,13-14H2/t3-,4+,5-,6+,7-,8-,9+,10+,11?,12+/m1/s1. The van der Waals surface area contributed by atoms with Gasteiger partial charge in [0.05, 0.1) is 18.8 Å². The number of aliphatic hydroxyl groups excluding tert-OH is 6. The Hall–Kier alpha value is -0.400. The summed E-state index contributed by atoms with van der Waals surface area (Å²) in [5, 5.41) is 58.4. The van der Waals surface area contributed by atoms with Gasteiger partial charge in [0.15, 0.2) is 6.29 Å². The highest BCUT2D eigenvalue weighted by atomic mass is 16.7. The summed E-state index contributed by atoms with van der Waals surface area (Å²) in [5.41, 5.74) is 11.4. The molecule has 22 heavy (non-hydrogen) atoms. The van der Waals surface area contributed by atoms with Crippen LogP contribution in [0.15, 0.2) is 0 Å². The molecular formula is C12H24N2O8. The normalized spacial score (nSPS) is 53.5. The fourth-order valence-corrected chi connectivity index (χ4v) is 2.78. The van der Waals surface area contributed by atoms with Gasteiger partial charge in [0.2, 0.25) is 0 Å². The van der Waals surface area contributed by atoms with Gasteiger partial charge in [-0.05, 0) is 6.42 Å². The summed E-state index contributed by atoms with van der Waals surface area (Å²) in [6.07, 6.45) is -10.9. The summed E-state index contributed by atoms with van der Waals surface area (Å²) >= 11 is 0. The monoisotopic (exact) mass is 324 g/mol. The molecule has 0 radical (unpaired) electrons. The Labute approximate surface area is 126 Å². The predicted molar refractivity (Wildman–Crippen MR) is 71.2 cm³/mol. The molecule has 0 amide bonds. The molecule has 1 aliphatic carbocycles. The third-order valence-electron chi connectivity index (χ3n) is 4.23. The first kappa shape index (κ1) is 17.9. The Kier molecular flexibility index (Phi) is 5.72. The molecule has 0 bridgehead atoms. The van der Waals surface area contributed by atoms with Crippen molar-refractivity contribution in [2.45, 2.75) is 67.5 Å². The van der Waals surface area contributed by atoms with Crippen LogP contribution < -0.4 is 11.5 Å². The van der Waals surface area contributed by atoms with E-state index in [1.807, 2.05) is 0 Å². The lowest BCUT2D eigenvalue weighted by Crippen LogP contribution is -2.65. The van der Waals surface area contributed by atoms with E-state index in [2.05, 4.69) is 0 Å². The van der Waals surface area contributed by atoms with Crippen molar-refractivity contribution < 1.29 is 40.1 Å². The summed E-state index contributed by atoms with van der Waals surface area (Å²) in [4.78, 5) is 0. The molecule has 1 aliphatic heterocycles. The quantitative estimate of drug-likeness (QED) is 0.249. The topological polar surface area (TPSA) is 192 Å². The van der Waals surface area contributed by atoms with Crippen molar-refractivity contribution in [2.24, 2.45) is 11.5 Å². The molecule has 10 N–H and O–H groups in total. The minimum Gasteiger partial charge on any atom is -0.394 e. The smallest absolute Gasteiger partial charge is 0.187 e. The van der Waals surface area contributed by atoms with E-state index in [1.165, 1.54) is 0 Å². The van der Waals surface area contributed by atoms with Gasteiger partial charge >= 0.3 is 0 Å². The molecule has 10 heteroatoms. The van der Waals surface area contributed by atoms with Gasteiger partial charge in [0.25, 0.3) is 0 Å². The minimum absolute atomic E-state index is 0.191. The van der Waals surface area contributed by atoms with E-state index in [4.69, 9.17) is 26.0 Å². The van der Waals surface area contributed by atoms with Gasteiger partial charge in [-0.15, -0.1) is 0 Å². The van der Waals surface area contributed by atoms with Crippen LogP contribution in [0.25, 0.3) is 0 Å². The SMILES string of the molecule is N[C@@H]1C[C@H](N)[C@@H](O)C(O[C@@H]2O[C@H](CO)[C@@H](O)[C@H](O)[C@@H]2O)[C@H]1O. The maximum absolute atomic E-state index is 10.0. The van der Waals surface area contributed by atoms with Crippen molar-refractivity contribution in [3.05, 3.63) is 0 Å². The average molecular weight is 324 g/mol. The van der Waals surface area contributed by atoms with Crippen molar-refractivity contribution in [1.82, 2.24) is 0 Å². The first-order chi connectivity index (χ1) is 10.3. The summed E-state index contributed by atoms with van der Waals surface area (Å²) < 4.78 is 10.5. The summed E-state index contributed by atoms with van der Waals surface area (Å²) in [7, 11) is 0.